The Morgan fingerprint density at radius 1 is 1.18 bits per heavy atom. The number of methoxy groups -OCH3 is 1. The lowest BCUT2D eigenvalue weighted by Gasteiger charge is -2.27. The molecule has 0 fully saturated rings. The summed E-state index contributed by atoms with van der Waals surface area (Å²) < 4.78 is 10.6. The number of carbonyl (C=O) groups is 1. The number of benzene rings is 2. The van der Waals surface area contributed by atoms with Crippen molar-refractivity contribution in [2.24, 2.45) is 0 Å². The van der Waals surface area contributed by atoms with E-state index in [1.165, 1.54) is 13.2 Å². The van der Waals surface area contributed by atoms with Gasteiger partial charge < -0.3 is 24.8 Å². The number of fused-ring (bicyclic) bond motifs is 1. The van der Waals surface area contributed by atoms with Crippen molar-refractivity contribution in [3.63, 3.8) is 0 Å². The van der Waals surface area contributed by atoms with E-state index in [0.717, 1.165) is 6.07 Å². The number of ketones is 1. The molecule has 1 atom stereocenters. The van der Waals surface area contributed by atoms with Crippen LogP contribution in [0, 0.1) is 0 Å². The highest BCUT2D eigenvalue weighted by Crippen LogP contribution is 2.49. The van der Waals surface area contributed by atoms with Crippen molar-refractivity contribution < 1.29 is 29.6 Å². The summed E-state index contributed by atoms with van der Waals surface area (Å²) in [5.74, 6) is -1.20. The monoisotopic (exact) mass is 302 g/mol. The third kappa shape index (κ3) is 2.09. The van der Waals surface area contributed by atoms with Gasteiger partial charge in [0.25, 0.3) is 0 Å². The van der Waals surface area contributed by atoms with Crippen LogP contribution in [0.1, 0.15) is 28.4 Å². The molecule has 0 amide bonds. The van der Waals surface area contributed by atoms with Crippen LogP contribution in [0.5, 0.6) is 28.7 Å². The van der Waals surface area contributed by atoms with Gasteiger partial charge in [0.1, 0.15) is 23.2 Å². The standard InChI is InChI=1S/C16H14O6/c1-21-13-7-11(19)14-10(18)6-12(22-16(14)15(13)20)8-4-2-3-5-9(8)17/h2-5,7,12,17,19-20H,6H2,1H3. The van der Waals surface area contributed by atoms with Crippen LogP contribution >= 0.6 is 0 Å². The largest absolute Gasteiger partial charge is 0.508 e. The number of Topliss-reactive ketones (excluding diaryl/α,β-unsaturated/α-hetero) is 1. The number of ether oxygens (including phenoxy) is 2. The zero-order chi connectivity index (χ0) is 15.9. The average Bonchev–Trinajstić information content (AvgIpc) is 2.50. The quantitative estimate of drug-likeness (QED) is 0.738. The fourth-order valence-corrected chi connectivity index (χ4v) is 2.54. The Kier molecular flexibility index (Phi) is 3.29. The van der Waals surface area contributed by atoms with Crippen LogP contribution in [-0.4, -0.2) is 28.2 Å². The molecule has 1 unspecified atom stereocenters. The molecular weight excluding hydrogens is 288 g/mol. The average molecular weight is 302 g/mol. The summed E-state index contributed by atoms with van der Waals surface area (Å²) >= 11 is 0. The molecule has 0 aliphatic carbocycles. The van der Waals surface area contributed by atoms with Gasteiger partial charge in [-0.2, -0.15) is 0 Å². The topological polar surface area (TPSA) is 96.2 Å². The Bertz CT molecular complexity index is 753. The summed E-state index contributed by atoms with van der Waals surface area (Å²) in [6.07, 6.45) is -0.803. The van der Waals surface area contributed by atoms with Crippen molar-refractivity contribution in [3.8, 4) is 28.7 Å². The van der Waals surface area contributed by atoms with Gasteiger partial charge in [-0.3, -0.25) is 4.79 Å². The van der Waals surface area contributed by atoms with Gasteiger partial charge in [0.2, 0.25) is 5.75 Å². The van der Waals surface area contributed by atoms with E-state index in [9.17, 15) is 20.1 Å². The molecule has 0 aromatic heterocycles. The van der Waals surface area contributed by atoms with Crippen LogP contribution in [0.15, 0.2) is 30.3 Å². The fourth-order valence-electron chi connectivity index (χ4n) is 2.54. The summed E-state index contributed by atoms with van der Waals surface area (Å²) in [7, 11) is 1.33. The second kappa shape index (κ2) is 5.14. The highest BCUT2D eigenvalue weighted by molar-refractivity contribution is 6.03. The highest BCUT2D eigenvalue weighted by atomic mass is 16.5. The third-order valence-electron chi connectivity index (χ3n) is 3.61. The molecule has 0 radical (unpaired) electrons. The van der Waals surface area contributed by atoms with E-state index in [0.29, 0.717) is 5.56 Å². The first kappa shape index (κ1) is 14.1. The lowest BCUT2D eigenvalue weighted by molar-refractivity contribution is 0.0833. The molecule has 6 heteroatoms. The molecule has 0 spiro atoms. The highest BCUT2D eigenvalue weighted by Gasteiger charge is 2.34. The van der Waals surface area contributed by atoms with Crippen LogP contribution in [-0.2, 0) is 0 Å². The summed E-state index contributed by atoms with van der Waals surface area (Å²) in [5, 5.41) is 30.0. The normalized spacial score (nSPS) is 16.8. The Labute approximate surface area is 126 Å². The Morgan fingerprint density at radius 3 is 2.59 bits per heavy atom. The maximum absolute atomic E-state index is 12.3. The number of aromatic hydroxyl groups is 3. The number of carbonyl (C=O) groups excluding carboxylic acids is 1. The Balaban J connectivity index is 2.11. The smallest absolute Gasteiger partial charge is 0.201 e. The van der Waals surface area contributed by atoms with Gasteiger partial charge >= 0.3 is 0 Å². The second-order valence-corrected chi connectivity index (χ2v) is 4.94. The third-order valence-corrected chi connectivity index (χ3v) is 3.61. The van der Waals surface area contributed by atoms with Crippen molar-refractivity contribution in [2.45, 2.75) is 12.5 Å². The van der Waals surface area contributed by atoms with E-state index < -0.39 is 6.10 Å². The van der Waals surface area contributed by atoms with E-state index in [-0.39, 0.29) is 46.5 Å². The molecule has 6 nitrogen and oxygen atoms in total. The number of para-hydroxylation sites is 1. The van der Waals surface area contributed by atoms with Crippen LogP contribution < -0.4 is 9.47 Å². The molecule has 0 bridgehead atoms. The lowest BCUT2D eigenvalue weighted by atomic mass is 9.94. The van der Waals surface area contributed by atoms with Gasteiger partial charge in [-0.15, -0.1) is 0 Å². The van der Waals surface area contributed by atoms with Gasteiger partial charge in [-0.05, 0) is 6.07 Å². The summed E-state index contributed by atoms with van der Waals surface area (Å²) in [6.45, 7) is 0. The number of rotatable bonds is 2. The zero-order valence-corrected chi connectivity index (χ0v) is 11.7. The first-order valence-electron chi connectivity index (χ1n) is 6.63. The SMILES string of the molecule is COc1cc(O)c2c(c1O)OC(c1ccccc1O)CC2=O. The summed E-state index contributed by atoms with van der Waals surface area (Å²) in [4.78, 5) is 12.3. The minimum Gasteiger partial charge on any atom is -0.508 e. The van der Waals surface area contributed by atoms with Crippen molar-refractivity contribution in [2.75, 3.05) is 7.11 Å². The van der Waals surface area contributed by atoms with E-state index in [4.69, 9.17) is 9.47 Å². The number of hydrogen-bond acceptors (Lipinski definition) is 6. The maximum Gasteiger partial charge on any atom is 0.201 e. The van der Waals surface area contributed by atoms with Crippen molar-refractivity contribution in [1.82, 2.24) is 0 Å². The van der Waals surface area contributed by atoms with Gasteiger partial charge in [-0.1, -0.05) is 18.2 Å². The van der Waals surface area contributed by atoms with Crippen LogP contribution in [0.4, 0.5) is 0 Å². The molecular formula is C16H14O6. The van der Waals surface area contributed by atoms with Crippen LogP contribution in [0.25, 0.3) is 0 Å². The lowest BCUT2D eigenvalue weighted by Crippen LogP contribution is -2.20. The predicted octanol–water partition coefficient (Wildman–Crippen LogP) is 2.52. The molecule has 1 heterocycles. The summed E-state index contributed by atoms with van der Waals surface area (Å²) in [6, 6.07) is 7.65. The minimum atomic E-state index is -0.751. The molecule has 2 aromatic carbocycles. The van der Waals surface area contributed by atoms with Gasteiger partial charge in [0, 0.05) is 11.6 Å². The summed E-state index contributed by atoms with van der Waals surface area (Å²) in [5.41, 5.74) is 0.355. The first-order chi connectivity index (χ1) is 10.5. The van der Waals surface area contributed by atoms with Gasteiger partial charge in [0.05, 0.1) is 13.5 Å². The van der Waals surface area contributed by atoms with Gasteiger partial charge in [0.15, 0.2) is 17.3 Å². The zero-order valence-electron chi connectivity index (χ0n) is 11.7. The van der Waals surface area contributed by atoms with Crippen molar-refractivity contribution in [1.29, 1.82) is 0 Å². The molecule has 1 aliphatic rings. The molecule has 2 aromatic rings. The second-order valence-electron chi connectivity index (χ2n) is 4.94. The number of phenolic OH excluding ortho intramolecular Hbond substituents is 3. The molecule has 1 aliphatic heterocycles. The molecule has 22 heavy (non-hydrogen) atoms. The predicted molar refractivity (Wildman–Crippen MR) is 76.7 cm³/mol. The number of hydrogen-bond donors (Lipinski definition) is 3. The van der Waals surface area contributed by atoms with E-state index in [2.05, 4.69) is 0 Å². The fraction of sp³-hybridized carbons (Fsp3) is 0.188. The van der Waals surface area contributed by atoms with Crippen LogP contribution in [0.3, 0.4) is 0 Å². The van der Waals surface area contributed by atoms with E-state index >= 15 is 0 Å². The minimum absolute atomic E-state index is 0.00184. The molecule has 114 valence electrons. The van der Waals surface area contributed by atoms with Crippen molar-refractivity contribution >= 4 is 5.78 Å². The number of phenols is 3. The van der Waals surface area contributed by atoms with Gasteiger partial charge in [-0.25, -0.2) is 0 Å². The Hall–Kier alpha value is -2.89. The molecule has 3 rings (SSSR count). The van der Waals surface area contributed by atoms with Crippen LogP contribution in [0.2, 0.25) is 0 Å². The van der Waals surface area contributed by atoms with Crippen molar-refractivity contribution in [3.05, 3.63) is 41.5 Å². The molecule has 0 saturated carbocycles. The molecule has 3 N–H and O–H groups in total. The first-order valence-corrected chi connectivity index (χ1v) is 6.63. The van der Waals surface area contributed by atoms with E-state index in [1.54, 1.807) is 18.2 Å². The Morgan fingerprint density at radius 2 is 1.91 bits per heavy atom. The maximum atomic E-state index is 12.3. The van der Waals surface area contributed by atoms with E-state index in [1.807, 2.05) is 0 Å². The molecule has 0 saturated heterocycles.